The highest BCUT2D eigenvalue weighted by atomic mass is 35.5. The average molecular weight is 213 g/mol. The molecule has 4 heteroatoms. The van der Waals surface area contributed by atoms with Gasteiger partial charge in [-0.2, -0.15) is 0 Å². The number of carbonyl (C=O) groups excluding carboxylic acids is 1. The van der Waals surface area contributed by atoms with Crippen LogP contribution >= 0.6 is 11.6 Å². The lowest BCUT2D eigenvalue weighted by Crippen LogP contribution is -2.31. The molecule has 0 radical (unpaired) electrons. The van der Waals surface area contributed by atoms with Crippen molar-refractivity contribution in [1.29, 1.82) is 0 Å². The first-order chi connectivity index (χ1) is 6.70. The first-order valence-electron chi connectivity index (χ1n) is 4.51. The summed E-state index contributed by atoms with van der Waals surface area (Å²) in [6.07, 6.45) is 4.29. The third-order valence-electron chi connectivity index (χ3n) is 1.80. The molecule has 1 rings (SSSR count). The molecule has 0 aliphatic carbocycles. The number of pyridine rings is 1. The van der Waals surface area contributed by atoms with Gasteiger partial charge in [-0.15, -0.1) is 11.6 Å². The highest BCUT2D eigenvalue weighted by molar-refractivity contribution is 6.30. The predicted octanol–water partition coefficient (Wildman–Crippen LogP) is 1.37. The standard InChI is InChI=1S/C10H13ClN2O/c1-8(11)10(14)13-6-4-9-3-2-5-12-7-9/h2-3,5,7-8H,4,6H2,1H3,(H,13,14). The molecule has 3 nitrogen and oxygen atoms in total. The first kappa shape index (κ1) is 11.0. The molecule has 14 heavy (non-hydrogen) atoms. The summed E-state index contributed by atoms with van der Waals surface area (Å²) in [5.74, 6) is -0.129. The number of nitrogens with zero attached hydrogens (tertiary/aromatic N) is 1. The number of amides is 1. The first-order valence-corrected chi connectivity index (χ1v) is 4.94. The maximum atomic E-state index is 11.1. The number of halogens is 1. The molecule has 1 N–H and O–H groups in total. The Morgan fingerprint density at radius 1 is 1.71 bits per heavy atom. The van der Waals surface area contributed by atoms with Crippen LogP contribution in [0.2, 0.25) is 0 Å². The monoisotopic (exact) mass is 212 g/mol. The normalized spacial score (nSPS) is 12.1. The average Bonchev–Trinajstić information content (AvgIpc) is 2.19. The number of carbonyl (C=O) groups is 1. The van der Waals surface area contributed by atoms with Gasteiger partial charge < -0.3 is 5.32 Å². The van der Waals surface area contributed by atoms with Gasteiger partial charge in [0.15, 0.2) is 0 Å². The molecule has 1 heterocycles. The molecule has 1 unspecified atom stereocenters. The molecular weight excluding hydrogens is 200 g/mol. The molecule has 0 bridgehead atoms. The Bertz CT molecular complexity index is 287. The smallest absolute Gasteiger partial charge is 0.237 e. The maximum Gasteiger partial charge on any atom is 0.237 e. The lowest BCUT2D eigenvalue weighted by atomic mass is 10.2. The van der Waals surface area contributed by atoms with Gasteiger partial charge in [0.25, 0.3) is 0 Å². The fraction of sp³-hybridized carbons (Fsp3) is 0.400. The molecule has 1 aromatic rings. The van der Waals surface area contributed by atoms with Crippen molar-refractivity contribution in [3.8, 4) is 0 Å². The van der Waals surface area contributed by atoms with Gasteiger partial charge in [-0.3, -0.25) is 9.78 Å². The summed E-state index contributed by atoms with van der Waals surface area (Å²) < 4.78 is 0. The van der Waals surface area contributed by atoms with Crippen LogP contribution < -0.4 is 5.32 Å². The fourth-order valence-electron chi connectivity index (χ4n) is 1.02. The Morgan fingerprint density at radius 2 is 2.50 bits per heavy atom. The van der Waals surface area contributed by atoms with Gasteiger partial charge in [-0.25, -0.2) is 0 Å². The van der Waals surface area contributed by atoms with Gasteiger partial charge in [-0.05, 0) is 25.0 Å². The second-order valence-corrected chi connectivity index (χ2v) is 3.67. The van der Waals surface area contributed by atoms with E-state index in [0.29, 0.717) is 6.54 Å². The van der Waals surface area contributed by atoms with Gasteiger partial charge in [-0.1, -0.05) is 6.07 Å². The van der Waals surface area contributed by atoms with E-state index in [2.05, 4.69) is 10.3 Å². The highest BCUT2D eigenvalue weighted by Crippen LogP contribution is 1.96. The van der Waals surface area contributed by atoms with Gasteiger partial charge in [0.05, 0.1) is 0 Å². The summed E-state index contributed by atoms with van der Waals surface area (Å²) >= 11 is 5.59. The molecule has 0 saturated heterocycles. The van der Waals surface area contributed by atoms with Gasteiger partial charge in [0.2, 0.25) is 5.91 Å². The van der Waals surface area contributed by atoms with Gasteiger partial charge >= 0.3 is 0 Å². The summed E-state index contributed by atoms with van der Waals surface area (Å²) in [5.41, 5.74) is 1.11. The minimum absolute atomic E-state index is 0.129. The van der Waals surface area contributed by atoms with Crippen LogP contribution in [0.4, 0.5) is 0 Å². The van der Waals surface area contributed by atoms with Gasteiger partial charge in [0.1, 0.15) is 5.38 Å². The van der Waals surface area contributed by atoms with Crippen molar-refractivity contribution >= 4 is 17.5 Å². The Morgan fingerprint density at radius 3 is 3.07 bits per heavy atom. The highest BCUT2D eigenvalue weighted by Gasteiger charge is 2.06. The Balaban J connectivity index is 2.26. The zero-order chi connectivity index (χ0) is 10.4. The SMILES string of the molecule is CC(Cl)C(=O)NCCc1cccnc1. The molecule has 1 amide bonds. The Labute approximate surface area is 88.5 Å². The molecule has 0 aromatic carbocycles. The summed E-state index contributed by atoms with van der Waals surface area (Å²) in [5, 5.41) is 2.26. The third kappa shape index (κ3) is 3.75. The van der Waals surface area contributed by atoms with E-state index in [4.69, 9.17) is 11.6 Å². The predicted molar refractivity (Wildman–Crippen MR) is 56.3 cm³/mol. The van der Waals surface area contributed by atoms with Crippen molar-refractivity contribution in [2.45, 2.75) is 18.7 Å². The summed E-state index contributed by atoms with van der Waals surface area (Å²) in [6, 6.07) is 3.85. The molecule has 1 aromatic heterocycles. The minimum atomic E-state index is -0.469. The molecule has 0 saturated carbocycles. The number of hydrogen-bond acceptors (Lipinski definition) is 2. The van der Waals surface area contributed by atoms with E-state index in [1.807, 2.05) is 12.1 Å². The Hall–Kier alpha value is -1.09. The molecule has 76 valence electrons. The zero-order valence-electron chi connectivity index (χ0n) is 8.03. The molecule has 0 aliphatic heterocycles. The summed E-state index contributed by atoms with van der Waals surface area (Å²) in [7, 11) is 0. The molecule has 0 aliphatic rings. The van der Waals surface area contributed by atoms with Crippen LogP contribution in [0.5, 0.6) is 0 Å². The second kappa shape index (κ2) is 5.60. The van der Waals surface area contributed by atoms with Crippen LogP contribution in [-0.4, -0.2) is 22.8 Å². The zero-order valence-corrected chi connectivity index (χ0v) is 8.79. The topological polar surface area (TPSA) is 42.0 Å². The minimum Gasteiger partial charge on any atom is -0.354 e. The number of nitrogens with one attached hydrogen (secondary N) is 1. The van der Waals surface area contributed by atoms with Crippen molar-refractivity contribution in [2.75, 3.05) is 6.54 Å². The Kier molecular flexibility index (Phi) is 4.40. The van der Waals surface area contributed by atoms with Crippen LogP contribution in [0.1, 0.15) is 12.5 Å². The van der Waals surface area contributed by atoms with Crippen molar-refractivity contribution in [3.63, 3.8) is 0 Å². The second-order valence-electron chi connectivity index (χ2n) is 3.02. The van der Waals surface area contributed by atoms with E-state index < -0.39 is 5.38 Å². The molecular formula is C10H13ClN2O. The van der Waals surface area contributed by atoms with Crippen LogP contribution in [0.15, 0.2) is 24.5 Å². The van der Waals surface area contributed by atoms with E-state index >= 15 is 0 Å². The largest absolute Gasteiger partial charge is 0.354 e. The lowest BCUT2D eigenvalue weighted by molar-refractivity contribution is -0.120. The van der Waals surface area contributed by atoms with Gasteiger partial charge in [0, 0.05) is 18.9 Å². The van der Waals surface area contributed by atoms with Crippen molar-refractivity contribution in [2.24, 2.45) is 0 Å². The number of alkyl halides is 1. The van der Waals surface area contributed by atoms with E-state index in [1.165, 1.54) is 0 Å². The summed E-state index contributed by atoms with van der Waals surface area (Å²) in [6.45, 7) is 2.25. The van der Waals surface area contributed by atoms with Crippen molar-refractivity contribution in [1.82, 2.24) is 10.3 Å². The van der Waals surface area contributed by atoms with Crippen LogP contribution in [0, 0.1) is 0 Å². The molecule has 0 fully saturated rings. The quantitative estimate of drug-likeness (QED) is 0.766. The van der Waals surface area contributed by atoms with Crippen LogP contribution in [-0.2, 0) is 11.2 Å². The van der Waals surface area contributed by atoms with E-state index in [0.717, 1.165) is 12.0 Å². The van der Waals surface area contributed by atoms with E-state index in [9.17, 15) is 4.79 Å². The fourth-order valence-corrected chi connectivity index (χ4v) is 1.09. The van der Waals surface area contributed by atoms with Crippen molar-refractivity contribution < 1.29 is 4.79 Å². The van der Waals surface area contributed by atoms with Crippen LogP contribution in [0.3, 0.4) is 0 Å². The third-order valence-corrected chi connectivity index (χ3v) is 2.00. The number of hydrogen-bond donors (Lipinski definition) is 1. The number of aromatic nitrogens is 1. The molecule has 0 spiro atoms. The van der Waals surface area contributed by atoms with E-state index in [1.54, 1.807) is 19.3 Å². The summed E-state index contributed by atoms with van der Waals surface area (Å²) in [4.78, 5) is 15.1. The molecule has 1 atom stereocenters. The van der Waals surface area contributed by atoms with Crippen LogP contribution in [0.25, 0.3) is 0 Å². The lowest BCUT2D eigenvalue weighted by Gasteiger charge is -2.05. The number of rotatable bonds is 4. The van der Waals surface area contributed by atoms with E-state index in [-0.39, 0.29) is 5.91 Å². The maximum absolute atomic E-state index is 11.1. The van der Waals surface area contributed by atoms with Crippen molar-refractivity contribution in [3.05, 3.63) is 30.1 Å².